The number of benzene rings is 1. The van der Waals surface area contributed by atoms with E-state index >= 15 is 0 Å². The predicted molar refractivity (Wildman–Crippen MR) is 105 cm³/mol. The Bertz CT molecular complexity index is 914. The smallest absolute Gasteiger partial charge is 0.264 e. The topological polar surface area (TPSA) is 77.4 Å². The van der Waals surface area contributed by atoms with Crippen molar-refractivity contribution < 1.29 is 14.3 Å². The number of nitrogens with zero attached hydrogens (tertiary/aromatic N) is 4. The number of aromatic nitrogens is 3. The molecule has 1 aromatic carbocycles. The van der Waals surface area contributed by atoms with Crippen molar-refractivity contribution >= 4 is 22.4 Å². The molecule has 0 atom stereocenters. The van der Waals surface area contributed by atoms with Gasteiger partial charge in [0.05, 0.1) is 19.8 Å². The fourth-order valence-corrected chi connectivity index (χ4v) is 3.50. The molecule has 140 valence electrons. The number of pyridine rings is 1. The molecule has 2 aromatic heterocycles. The van der Waals surface area contributed by atoms with Crippen LogP contribution < -0.4 is 14.4 Å². The largest absolute Gasteiger partial charge is 0.493 e. The highest BCUT2D eigenvalue weighted by Gasteiger charge is 2.25. The second-order valence-electron chi connectivity index (χ2n) is 5.63. The first-order valence-corrected chi connectivity index (χ1v) is 9.28. The Morgan fingerprint density at radius 2 is 2.00 bits per heavy atom. The van der Waals surface area contributed by atoms with Gasteiger partial charge < -0.3 is 9.47 Å². The van der Waals surface area contributed by atoms with E-state index in [1.165, 1.54) is 18.4 Å². The van der Waals surface area contributed by atoms with E-state index in [2.05, 4.69) is 15.2 Å². The molecule has 0 unspecified atom stereocenters. The monoisotopic (exact) mass is 384 g/mol. The van der Waals surface area contributed by atoms with Crippen LogP contribution in [0.15, 0.2) is 42.7 Å². The zero-order valence-electron chi connectivity index (χ0n) is 15.4. The third kappa shape index (κ3) is 3.90. The summed E-state index contributed by atoms with van der Waals surface area (Å²) in [7, 11) is 3.06. The van der Waals surface area contributed by atoms with Gasteiger partial charge in [-0.1, -0.05) is 24.3 Å². The van der Waals surface area contributed by atoms with Gasteiger partial charge in [0.1, 0.15) is 0 Å². The maximum atomic E-state index is 13.2. The molecule has 7 nitrogen and oxygen atoms in total. The average molecular weight is 384 g/mol. The van der Waals surface area contributed by atoms with Gasteiger partial charge in [-0.25, -0.2) is 0 Å². The molecule has 0 N–H and O–H groups in total. The van der Waals surface area contributed by atoms with Crippen LogP contribution in [0.3, 0.4) is 0 Å². The fraction of sp³-hybridized carbons (Fsp3) is 0.263. The molecule has 27 heavy (non-hydrogen) atoms. The Labute approximate surface area is 161 Å². The summed E-state index contributed by atoms with van der Waals surface area (Å²) in [5.74, 6) is 0.706. The number of rotatable bonds is 7. The first-order valence-electron chi connectivity index (χ1n) is 8.46. The van der Waals surface area contributed by atoms with Crippen molar-refractivity contribution in [3.05, 3.63) is 48.3 Å². The number of hydrogen-bond donors (Lipinski definition) is 0. The third-order valence-electron chi connectivity index (χ3n) is 3.88. The summed E-state index contributed by atoms with van der Waals surface area (Å²) in [6, 6.07) is 8.99. The lowest BCUT2D eigenvalue weighted by atomic mass is 10.1. The van der Waals surface area contributed by atoms with Crippen LogP contribution in [0.2, 0.25) is 0 Å². The molecule has 0 bridgehead atoms. The quantitative estimate of drug-likeness (QED) is 0.618. The lowest BCUT2D eigenvalue weighted by Crippen LogP contribution is -2.32. The van der Waals surface area contributed by atoms with E-state index in [0.717, 1.165) is 12.0 Å². The van der Waals surface area contributed by atoms with Crippen LogP contribution in [-0.2, 0) is 0 Å². The second kappa shape index (κ2) is 8.59. The zero-order chi connectivity index (χ0) is 19.2. The minimum Gasteiger partial charge on any atom is -0.493 e. The lowest BCUT2D eigenvalue weighted by Gasteiger charge is -2.20. The summed E-state index contributed by atoms with van der Waals surface area (Å²) in [5, 5.41) is 9.70. The van der Waals surface area contributed by atoms with Gasteiger partial charge in [-0.05, 0) is 30.7 Å². The molecule has 2 heterocycles. The number of carbonyl (C=O) groups is 1. The van der Waals surface area contributed by atoms with E-state index < -0.39 is 0 Å². The summed E-state index contributed by atoms with van der Waals surface area (Å²) >= 11 is 1.35. The van der Waals surface area contributed by atoms with Crippen molar-refractivity contribution in [1.82, 2.24) is 15.2 Å². The molecule has 0 aliphatic heterocycles. The van der Waals surface area contributed by atoms with Crippen molar-refractivity contribution in [3.8, 4) is 22.1 Å². The summed E-state index contributed by atoms with van der Waals surface area (Å²) in [4.78, 5) is 19.0. The van der Waals surface area contributed by atoms with Crippen LogP contribution >= 0.6 is 11.3 Å². The van der Waals surface area contributed by atoms with Crippen molar-refractivity contribution in [3.63, 3.8) is 0 Å². The lowest BCUT2D eigenvalue weighted by molar-refractivity contribution is 0.0983. The third-order valence-corrected chi connectivity index (χ3v) is 4.87. The normalized spacial score (nSPS) is 10.5. The van der Waals surface area contributed by atoms with Gasteiger partial charge in [-0.3, -0.25) is 14.7 Å². The van der Waals surface area contributed by atoms with Gasteiger partial charge in [0.25, 0.3) is 5.91 Å². The first kappa shape index (κ1) is 18.8. The number of ether oxygens (including phenoxy) is 2. The highest BCUT2D eigenvalue weighted by atomic mass is 32.1. The first-order chi connectivity index (χ1) is 13.2. The average Bonchev–Trinajstić information content (AvgIpc) is 3.21. The number of anilines is 1. The van der Waals surface area contributed by atoms with Crippen LogP contribution in [0.1, 0.15) is 23.7 Å². The van der Waals surface area contributed by atoms with Crippen LogP contribution in [0.25, 0.3) is 10.6 Å². The molecular weight excluding hydrogens is 364 g/mol. The van der Waals surface area contributed by atoms with Crippen molar-refractivity contribution in [1.29, 1.82) is 0 Å². The minimum absolute atomic E-state index is 0.207. The van der Waals surface area contributed by atoms with Crippen LogP contribution in [0, 0.1) is 0 Å². The van der Waals surface area contributed by atoms with Gasteiger partial charge in [-0.2, -0.15) is 0 Å². The van der Waals surface area contributed by atoms with E-state index in [4.69, 9.17) is 9.47 Å². The summed E-state index contributed by atoms with van der Waals surface area (Å²) in [6.45, 7) is 2.52. The van der Waals surface area contributed by atoms with Gasteiger partial charge in [-0.15, -0.1) is 10.2 Å². The van der Waals surface area contributed by atoms with Gasteiger partial charge >= 0.3 is 0 Å². The van der Waals surface area contributed by atoms with Crippen LogP contribution in [0.5, 0.6) is 11.5 Å². The van der Waals surface area contributed by atoms with Gasteiger partial charge in [0, 0.05) is 24.5 Å². The zero-order valence-corrected chi connectivity index (χ0v) is 16.2. The number of para-hydroxylation sites is 1. The van der Waals surface area contributed by atoms with Gasteiger partial charge in [0.15, 0.2) is 16.5 Å². The Morgan fingerprint density at radius 1 is 1.15 bits per heavy atom. The maximum absolute atomic E-state index is 13.2. The summed E-state index contributed by atoms with van der Waals surface area (Å²) in [5.41, 5.74) is 1.28. The predicted octanol–water partition coefficient (Wildman–Crippen LogP) is 3.67. The molecule has 0 radical (unpaired) electrons. The van der Waals surface area contributed by atoms with Crippen LogP contribution in [0.4, 0.5) is 5.13 Å². The second-order valence-corrected chi connectivity index (χ2v) is 6.59. The molecular formula is C19H20N4O3S. The summed E-state index contributed by atoms with van der Waals surface area (Å²) < 4.78 is 10.7. The molecule has 0 spiro atoms. The molecule has 0 aliphatic carbocycles. The Morgan fingerprint density at radius 3 is 2.67 bits per heavy atom. The van der Waals surface area contributed by atoms with E-state index in [-0.39, 0.29) is 5.91 Å². The molecule has 3 aromatic rings. The molecule has 0 saturated carbocycles. The standard InChI is InChI=1S/C19H20N4O3S/c1-4-11-23(18(24)14-8-5-9-15(25-2)16(14)26-3)19-22-21-17(27-19)13-7-6-10-20-12-13/h5-10,12H,4,11H2,1-3H3. The van der Waals surface area contributed by atoms with E-state index in [1.807, 2.05) is 19.1 Å². The highest BCUT2D eigenvalue weighted by Crippen LogP contribution is 2.34. The molecule has 3 rings (SSSR count). The Kier molecular flexibility index (Phi) is 5.97. The number of hydrogen-bond acceptors (Lipinski definition) is 7. The molecule has 0 saturated heterocycles. The molecule has 1 amide bonds. The van der Waals surface area contributed by atoms with Crippen LogP contribution in [-0.4, -0.2) is 41.9 Å². The molecule has 0 fully saturated rings. The number of amides is 1. The molecule has 8 heteroatoms. The minimum atomic E-state index is -0.207. The van der Waals surface area contributed by atoms with E-state index in [1.54, 1.807) is 42.6 Å². The number of methoxy groups -OCH3 is 2. The van der Waals surface area contributed by atoms with Gasteiger partial charge in [0.2, 0.25) is 5.13 Å². The number of carbonyl (C=O) groups excluding carboxylic acids is 1. The van der Waals surface area contributed by atoms with Crippen molar-refractivity contribution in [2.24, 2.45) is 0 Å². The summed E-state index contributed by atoms with van der Waals surface area (Å²) in [6.07, 6.45) is 4.20. The SMILES string of the molecule is CCCN(C(=O)c1cccc(OC)c1OC)c1nnc(-c2cccnc2)s1. The fourth-order valence-electron chi connectivity index (χ4n) is 2.64. The van der Waals surface area contributed by atoms with E-state index in [9.17, 15) is 4.79 Å². The Balaban J connectivity index is 1.97. The van der Waals surface area contributed by atoms with E-state index in [0.29, 0.717) is 33.7 Å². The molecule has 0 aliphatic rings. The van der Waals surface area contributed by atoms with Crippen molar-refractivity contribution in [2.45, 2.75) is 13.3 Å². The highest BCUT2D eigenvalue weighted by molar-refractivity contribution is 7.18. The van der Waals surface area contributed by atoms with Crippen molar-refractivity contribution in [2.75, 3.05) is 25.7 Å². The maximum Gasteiger partial charge on any atom is 0.264 e. The Hall–Kier alpha value is -3.00.